The van der Waals surface area contributed by atoms with E-state index in [-0.39, 0.29) is 0 Å². The second-order valence-electron chi connectivity index (χ2n) is 5.63. The van der Waals surface area contributed by atoms with Crippen LogP contribution in [-0.2, 0) is 0 Å². The summed E-state index contributed by atoms with van der Waals surface area (Å²) in [5.41, 5.74) is 0. The van der Waals surface area contributed by atoms with E-state index < -0.39 is 0 Å². The van der Waals surface area contributed by atoms with E-state index in [1.165, 1.54) is 38.8 Å². The molecule has 104 valence electrons. The fourth-order valence-electron chi connectivity index (χ4n) is 2.54. The summed E-state index contributed by atoms with van der Waals surface area (Å²) in [6.45, 7) is 8.63. The normalized spacial score (nSPS) is 22.7. The van der Waals surface area contributed by atoms with Crippen molar-refractivity contribution in [2.75, 3.05) is 33.2 Å². The van der Waals surface area contributed by atoms with E-state index in [4.69, 9.17) is 4.99 Å². The van der Waals surface area contributed by atoms with Crippen LogP contribution < -0.4 is 5.32 Å². The van der Waals surface area contributed by atoms with Crippen LogP contribution in [0.25, 0.3) is 0 Å². The van der Waals surface area contributed by atoms with Gasteiger partial charge >= 0.3 is 0 Å². The second kappa shape index (κ2) is 6.41. The predicted octanol–water partition coefficient (Wildman–Crippen LogP) is 1.53. The van der Waals surface area contributed by atoms with E-state index in [2.05, 4.69) is 36.0 Å². The molecule has 0 aromatic rings. The molecule has 1 atom stereocenters. The Morgan fingerprint density at radius 1 is 1.39 bits per heavy atom. The number of hydrogen-bond acceptors (Lipinski definition) is 2. The minimum atomic E-state index is 0.550. The van der Waals surface area contributed by atoms with Crippen LogP contribution >= 0.6 is 0 Å². The monoisotopic (exact) mass is 252 g/mol. The maximum Gasteiger partial charge on any atom is 0.193 e. The van der Waals surface area contributed by atoms with Gasteiger partial charge in [-0.2, -0.15) is 0 Å². The van der Waals surface area contributed by atoms with Crippen LogP contribution in [0.4, 0.5) is 0 Å². The molecule has 2 fully saturated rings. The molecule has 1 saturated carbocycles. The highest BCUT2D eigenvalue weighted by Gasteiger charge is 2.29. The quantitative estimate of drug-likeness (QED) is 0.595. The summed E-state index contributed by atoms with van der Waals surface area (Å²) in [5.74, 6) is 1.12. The summed E-state index contributed by atoms with van der Waals surface area (Å²) in [5, 5.41) is 3.42. The molecule has 1 aliphatic carbocycles. The number of nitrogens with zero attached hydrogens (tertiary/aromatic N) is 3. The fraction of sp³-hybridized carbons (Fsp3) is 0.929. The van der Waals surface area contributed by atoms with Crippen LogP contribution in [0.5, 0.6) is 0 Å². The van der Waals surface area contributed by atoms with E-state index in [1.54, 1.807) is 0 Å². The fourth-order valence-corrected chi connectivity index (χ4v) is 2.54. The van der Waals surface area contributed by atoms with Gasteiger partial charge in [0, 0.05) is 31.7 Å². The summed E-state index contributed by atoms with van der Waals surface area (Å²) in [4.78, 5) is 9.70. The molecule has 0 radical (unpaired) electrons. The Kier molecular flexibility index (Phi) is 4.87. The molecule has 1 aliphatic heterocycles. The van der Waals surface area contributed by atoms with Gasteiger partial charge in [-0.05, 0) is 46.6 Å². The number of guanidine groups is 1. The number of rotatable bonds is 5. The maximum absolute atomic E-state index is 4.82. The molecule has 0 spiro atoms. The Bertz CT molecular complexity index is 280. The molecule has 18 heavy (non-hydrogen) atoms. The largest absolute Gasteiger partial charge is 0.357 e. The Labute approximate surface area is 111 Å². The van der Waals surface area contributed by atoms with Gasteiger partial charge in [0.15, 0.2) is 5.96 Å². The summed E-state index contributed by atoms with van der Waals surface area (Å²) in [7, 11) is 2.24. The molecule has 1 saturated heterocycles. The first-order valence-corrected chi connectivity index (χ1v) is 7.47. The van der Waals surface area contributed by atoms with Crippen molar-refractivity contribution in [2.24, 2.45) is 4.99 Å². The highest BCUT2D eigenvalue weighted by Crippen LogP contribution is 2.26. The summed E-state index contributed by atoms with van der Waals surface area (Å²) in [6, 6.07) is 1.37. The van der Waals surface area contributed by atoms with E-state index in [0.717, 1.165) is 25.1 Å². The van der Waals surface area contributed by atoms with Crippen molar-refractivity contribution in [1.82, 2.24) is 15.1 Å². The topological polar surface area (TPSA) is 30.9 Å². The van der Waals surface area contributed by atoms with Crippen molar-refractivity contribution in [3.8, 4) is 0 Å². The summed E-state index contributed by atoms with van der Waals surface area (Å²) < 4.78 is 0. The van der Waals surface area contributed by atoms with Gasteiger partial charge in [0.05, 0.1) is 6.54 Å². The van der Waals surface area contributed by atoms with Gasteiger partial charge in [-0.1, -0.05) is 0 Å². The highest BCUT2D eigenvalue weighted by molar-refractivity contribution is 5.80. The molecule has 2 aliphatic rings. The Morgan fingerprint density at radius 3 is 2.61 bits per heavy atom. The van der Waals surface area contributed by atoms with Gasteiger partial charge in [-0.15, -0.1) is 0 Å². The number of likely N-dealkylation sites (tertiary alicyclic amines) is 1. The van der Waals surface area contributed by atoms with Crippen LogP contribution in [0.1, 0.15) is 39.5 Å². The van der Waals surface area contributed by atoms with Crippen LogP contribution in [-0.4, -0.2) is 61.1 Å². The molecule has 4 nitrogen and oxygen atoms in total. The SMILES string of the molecule is CCNC(=NCC(C)N(C)C1CC1)N1CCCC1. The zero-order valence-corrected chi connectivity index (χ0v) is 12.2. The third-order valence-electron chi connectivity index (χ3n) is 4.06. The Balaban J connectivity index is 1.85. The van der Waals surface area contributed by atoms with E-state index in [9.17, 15) is 0 Å². The van der Waals surface area contributed by atoms with Crippen molar-refractivity contribution >= 4 is 5.96 Å². The molecule has 0 aromatic heterocycles. The number of nitrogens with one attached hydrogen (secondary N) is 1. The first-order chi connectivity index (χ1) is 8.72. The zero-order valence-electron chi connectivity index (χ0n) is 12.2. The van der Waals surface area contributed by atoms with Gasteiger partial charge in [0.2, 0.25) is 0 Å². The van der Waals surface area contributed by atoms with E-state index in [1.807, 2.05) is 0 Å². The lowest BCUT2D eigenvalue weighted by atomic mass is 10.3. The van der Waals surface area contributed by atoms with Crippen molar-refractivity contribution in [1.29, 1.82) is 0 Å². The second-order valence-corrected chi connectivity index (χ2v) is 5.63. The van der Waals surface area contributed by atoms with Gasteiger partial charge in [0.25, 0.3) is 0 Å². The van der Waals surface area contributed by atoms with Crippen molar-refractivity contribution in [3.05, 3.63) is 0 Å². The van der Waals surface area contributed by atoms with Gasteiger partial charge < -0.3 is 10.2 Å². The standard InChI is InChI=1S/C14H28N4/c1-4-15-14(18-9-5-6-10-18)16-11-12(2)17(3)13-7-8-13/h12-13H,4-11H2,1-3H3,(H,15,16). The Morgan fingerprint density at radius 2 is 2.06 bits per heavy atom. The summed E-state index contributed by atoms with van der Waals surface area (Å²) >= 11 is 0. The lowest BCUT2D eigenvalue weighted by Crippen LogP contribution is -2.41. The molecule has 1 heterocycles. The van der Waals surface area contributed by atoms with Crippen LogP contribution in [0, 0.1) is 0 Å². The smallest absolute Gasteiger partial charge is 0.193 e. The first kappa shape index (κ1) is 13.7. The van der Waals surface area contributed by atoms with Gasteiger partial charge in [-0.25, -0.2) is 0 Å². The average Bonchev–Trinajstić information content (AvgIpc) is 3.08. The van der Waals surface area contributed by atoms with E-state index in [0.29, 0.717) is 6.04 Å². The predicted molar refractivity (Wildman–Crippen MR) is 77.0 cm³/mol. The Hall–Kier alpha value is -0.770. The lowest BCUT2D eigenvalue weighted by molar-refractivity contribution is 0.252. The molecule has 0 aromatic carbocycles. The maximum atomic E-state index is 4.82. The average molecular weight is 252 g/mol. The van der Waals surface area contributed by atoms with Gasteiger partial charge in [0.1, 0.15) is 0 Å². The lowest BCUT2D eigenvalue weighted by Gasteiger charge is -2.25. The van der Waals surface area contributed by atoms with Crippen LogP contribution in [0.15, 0.2) is 4.99 Å². The number of aliphatic imine (C=N–C) groups is 1. The van der Waals surface area contributed by atoms with Gasteiger partial charge in [-0.3, -0.25) is 9.89 Å². The third-order valence-corrected chi connectivity index (χ3v) is 4.06. The van der Waals surface area contributed by atoms with Crippen molar-refractivity contribution < 1.29 is 0 Å². The first-order valence-electron chi connectivity index (χ1n) is 7.47. The highest BCUT2D eigenvalue weighted by atomic mass is 15.3. The molecule has 4 heteroatoms. The zero-order chi connectivity index (χ0) is 13.0. The van der Waals surface area contributed by atoms with E-state index >= 15 is 0 Å². The molecule has 2 rings (SSSR count). The van der Waals surface area contributed by atoms with Crippen LogP contribution in [0.2, 0.25) is 0 Å². The minimum absolute atomic E-state index is 0.550. The van der Waals surface area contributed by atoms with Crippen molar-refractivity contribution in [3.63, 3.8) is 0 Å². The molecule has 1 N–H and O–H groups in total. The molecule has 1 unspecified atom stereocenters. The molecular formula is C14H28N4. The van der Waals surface area contributed by atoms with Crippen LogP contribution in [0.3, 0.4) is 0 Å². The third kappa shape index (κ3) is 3.61. The van der Waals surface area contributed by atoms with Crippen molar-refractivity contribution in [2.45, 2.75) is 51.6 Å². The minimum Gasteiger partial charge on any atom is -0.357 e. The number of likely N-dealkylation sites (N-methyl/N-ethyl adjacent to an activating group) is 1. The molecule has 0 amide bonds. The molecular weight excluding hydrogens is 224 g/mol. The number of hydrogen-bond donors (Lipinski definition) is 1. The molecule has 0 bridgehead atoms. The summed E-state index contributed by atoms with van der Waals surface area (Å²) in [6.07, 6.45) is 5.36.